The van der Waals surface area contributed by atoms with E-state index in [1.54, 1.807) is 12.2 Å². The zero-order valence-electron chi connectivity index (χ0n) is 6.59. The molecular formula is C9H13N. The summed E-state index contributed by atoms with van der Waals surface area (Å²) in [6.07, 6.45) is 5.29. The van der Waals surface area contributed by atoms with Crippen molar-refractivity contribution in [1.29, 1.82) is 0 Å². The summed E-state index contributed by atoms with van der Waals surface area (Å²) in [5.41, 5.74) is 1.88. The molecule has 0 radical (unpaired) electrons. The van der Waals surface area contributed by atoms with Gasteiger partial charge in [-0.3, -0.25) is 4.99 Å². The van der Waals surface area contributed by atoms with Crippen LogP contribution in [0.1, 0.15) is 13.8 Å². The van der Waals surface area contributed by atoms with Crippen LogP contribution < -0.4 is 0 Å². The van der Waals surface area contributed by atoms with Crippen molar-refractivity contribution in [2.24, 2.45) is 4.99 Å². The molecule has 0 amide bonds. The smallest absolute Gasteiger partial charge is 0.0375 e. The Balaban J connectivity index is 4.24. The lowest BCUT2D eigenvalue weighted by Gasteiger charge is -1.90. The van der Waals surface area contributed by atoms with Gasteiger partial charge in [0.1, 0.15) is 0 Å². The SMILES string of the molecule is C=C/C=C(/C)N=C(C)C=C. The first kappa shape index (κ1) is 8.89. The van der Waals surface area contributed by atoms with Crippen molar-refractivity contribution < 1.29 is 0 Å². The number of allylic oxidation sites excluding steroid dienone is 4. The van der Waals surface area contributed by atoms with Gasteiger partial charge in [0.25, 0.3) is 0 Å². The molecule has 0 fully saturated rings. The predicted octanol–water partition coefficient (Wildman–Crippen LogP) is 2.72. The maximum Gasteiger partial charge on any atom is 0.0375 e. The van der Waals surface area contributed by atoms with Gasteiger partial charge in [0.15, 0.2) is 0 Å². The molecule has 0 aliphatic carbocycles. The average molecular weight is 135 g/mol. The van der Waals surface area contributed by atoms with E-state index in [0.29, 0.717) is 0 Å². The minimum atomic E-state index is 0.926. The van der Waals surface area contributed by atoms with E-state index in [1.807, 2.05) is 19.9 Å². The first-order valence-electron chi connectivity index (χ1n) is 3.17. The van der Waals surface area contributed by atoms with Crippen molar-refractivity contribution in [3.05, 3.63) is 37.1 Å². The molecule has 0 heterocycles. The fourth-order valence-corrected chi connectivity index (χ4v) is 0.532. The van der Waals surface area contributed by atoms with E-state index in [9.17, 15) is 0 Å². The second-order valence-corrected chi connectivity index (χ2v) is 2.00. The van der Waals surface area contributed by atoms with Crippen LogP contribution in [0.15, 0.2) is 42.1 Å². The number of hydrogen-bond donors (Lipinski definition) is 0. The Labute approximate surface area is 62.5 Å². The van der Waals surface area contributed by atoms with Crippen molar-refractivity contribution >= 4 is 5.71 Å². The number of nitrogens with zero attached hydrogens (tertiary/aromatic N) is 1. The van der Waals surface area contributed by atoms with Crippen molar-refractivity contribution in [2.75, 3.05) is 0 Å². The fraction of sp³-hybridized carbons (Fsp3) is 0.222. The van der Waals surface area contributed by atoms with Crippen molar-refractivity contribution in [3.63, 3.8) is 0 Å². The van der Waals surface area contributed by atoms with E-state index in [4.69, 9.17) is 0 Å². The molecule has 1 nitrogen and oxygen atoms in total. The topological polar surface area (TPSA) is 12.4 Å². The maximum atomic E-state index is 4.17. The van der Waals surface area contributed by atoms with Crippen LogP contribution in [-0.4, -0.2) is 5.71 Å². The molecule has 0 atom stereocenters. The predicted molar refractivity (Wildman–Crippen MR) is 47.3 cm³/mol. The molecule has 0 rings (SSSR count). The highest BCUT2D eigenvalue weighted by Crippen LogP contribution is 1.95. The summed E-state index contributed by atoms with van der Waals surface area (Å²) in [5, 5.41) is 0. The van der Waals surface area contributed by atoms with E-state index in [1.165, 1.54) is 0 Å². The van der Waals surface area contributed by atoms with Gasteiger partial charge in [0, 0.05) is 11.4 Å². The molecule has 10 heavy (non-hydrogen) atoms. The quantitative estimate of drug-likeness (QED) is 0.417. The average Bonchev–Trinajstić information content (AvgIpc) is 1.88. The Hall–Kier alpha value is -1.11. The lowest BCUT2D eigenvalue weighted by atomic mass is 10.4. The van der Waals surface area contributed by atoms with Gasteiger partial charge in [-0.2, -0.15) is 0 Å². The van der Waals surface area contributed by atoms with Crippen LogP contribution in [-0.2, 0) is 0 Å². The van der Waals surface area contributed by atoms with Gasteiger partial charge < -0.3 is 0 Å². The molecule has 0 unspecified atom stereocenters. The van der Waals surface area contributed by atoms with Gasteiger partial charge in [0.2, 0.25) is 0 Å². The van der Waals surface area contributed by atoms with Crippen molar-refractivity contribution in [3.8, 4) is 0 Å². The van der Waals surface area contributed by atoms with Crippen LogP contribution in [0.4, 0.5) is 0 Å². The minimum Gasteiger partial charge on any atom is -0.259 e. The van der Waals surface area contributed by atoms with Crippen LogP contribution in [0.2, 0.25) is 0 Å². The minimum absolute atomic E-state index is 0.926. The molecule has 1 heteroatoms. The Bertz CT molecular complexity index is 185. The van der Waals surface area contributed by atoms with Crippen LogP contribution in [0.25, 0.3) is 0 Å². The summed E-state index contributed by atoms with van der Waals surface area (Å²) >= 11 is 0. The van der Waals surface area contributed by atoms with E-state index in [2.05, 4.69) is 18.2 Å². The Morgan fingerprint density at radius 3 is 2.30 bits per heavy atom. The van der Waals surface area contributed by atoms with Gasteiger partial charge in [0.05, 0.1) is 0 Å². The third-order valence-electron chi connectivity index (χ3n) is 1.01. The van der Waals surface area contributed by atoms with Gasteiger partial charge in [-0.1, -0.05) is 19.2 Å². The third kappa shape index (κ3) is 3.84. The van der Waals surface area contributed by atoms with E-state index >= 15 is 0 Å². The third-order valence-corrected chi connectivity index (χ3v) is 1.01. The molecule has 0 spiro atoms. The molecule has 0 saturated heterocycles. The van der Waals surface area contributed by atoms with Gasteiger partial charge in [-0.25, -0.2) is 0 Å². The summed E-state index contributed by atoms with van der Waals surface area (Å²) in [7, 11) is 0. The van der Waals surface area contributed by atoms with Crippen LogP contribution in [0.5, 0.6) is 0 Å². The lowest BCUT2D eigenvalue weighted by Crippen LogP contribution is -1.82. The largest absolute Gasteiger partial charge is 0.259 e. The lowest BCUT2D eigenvalue weighted by molar-refractivity contribution is 1.30. The zero-order valence-corrected chi connectivity index (χ0v) is 6.59. The summed E-state index contributed by atoms with van der Waals surface area (Å²) in [6.45, 7) is 11.0. The molecule has 54 valence electrons. The van der Waals surface area contributed by atoms with Gasteiger partial charge >= 0.3 is 0 Å². The van der Waals surface area contributed by atoms with Crippen molar-refractivity contribution in [2.45, 2.75) is 13.8 Å². The number of rotatable bonds is 3. The summed E-state index contributed by atoms with van der Waals surface area (Å²) < 4.78 is 0. The van der Waals surface area contributed by atoms with E-state index in [-0.39, 0.29) is 0 Å². The normalized spacial score (nSPS) is 13.0. The molecular weight excluding hydrogens is 122 g/mol. The van der Waals surface area contributed by atoms with E-state index in [0.717, 1.165) is 11.4 Å². The van der Waals surface area contributed by atoms with Gasteiger partial charge in [-0.15, -0.1) is 0 Å². The molecule has 0 bridgehead atoms. The second-order valence-electron chi connectivity index (χ2n) is 2.00. The highest BCUT2D eigenvalue weighted by atomic mass is 14.7. The summed E-state index contributed by atoms with van der Waals surface area (Å²) in [6, 6.07) is 0. The molecule has 0 saturated carbocycles. The van der Waals surface area contributed by atoms with Gasteiger partial charge in [-0.05, 0) is 26.0 Å². The molecule has 0 aromatic rings. The Morgan fingerprint density at radius 1 is 1.30 bits per heavy atom. The van der Waals surface area contributed by atoms with E-state index < -0.39 is 0 Å². The highest BCUT2D eigenvalue weighted by Gasteiger charge is 1.81. The first-order chi connectivity index (χ1) is 4.70. The molecule has 0 aromatic carbocycles. The van der Waals surface area contributed by atoms with Crippen LogP contribution in [0, 0.1) is 0 Å². The van der Waals surface area contributed by atoms with Crippen LogP contribution in [0.3, 0.4) is 0 Å². The molecule has 0 N–H and O–H groups in total. The highest BCUT2D eigenvalue weighted by molar-refractivity contribution is 5.92. The Morgan fingerprint density at radius 2 is 1.90 bits per heavy atom. The molecule has 0 aromatic heterocycles. The second kappa shape index (κ2) is 4.74. The van der Waals surface area contributed by atoms with Crippen LogP contribution >= 0.6 is 0 Å². The first-order valence-corrected chi connectivity index (χ1v) is 3.17. The maximum absolute atomic E-state index is 4.17. The van der Waals surface area contributed by atoms with Crippen molar-refractivity contribution in [1.82, 2.24) is 0 Å². The molecule has 0 aliphatic rings. The molecule has 0 aliphatic heterocycles. The number of hydrogen-bond acceptors (Lipinski definition) is 1. The zero-order chi connectivity index (χ0) is 7.98. The fourth-order valence-electron chi connectivity index (χ4n) is 0.532. The summed E-state index contributed by atoms with van der Waals surface area (Å²) in [4.78, 5) is 4.17. The monoisotopic (exact) mass is 135 g/mol. The summed E-state index contributed by atoms with van der Waals surface area (Å²) in [5.74, 6) is 0. The Kier molecular flexibility index (Phi) is 4.21. The number of aliphatic imine (C=N–C) groups is 1. The standard InChI is InChI=1S/C9H13N/c1-5-7-9(4)10-8(3)6-2/h5-7H,1-2H2,3-4H3/b9-7-,10-8?.